The number of nitrogens with zero attached hydrogens (tertiary/aromatic N) is 1. The fourth-order valence-corrected chi connectivity index (χ4v) is 5.46. The zero-order valence-corrected chi connectivity index (χ0v) is 20.6. The van der Waals surface area contributed by atoms with E-state index in [2.05, 4.69) is 29.6 Å². The van der Waals surface area contributed by atoms with Gasteiger partial charge in [-0.2, -0.15) is 0 Å². The molecule has 2 aromatic rings. The number of hydrogen-bond acceptors (Lipinski definition) is 4. The van der Waals surface area contributed by atoms with Gasteiger partial charge >= 0.3 is 12.1 Å². The molecule has 2 amide bonds. The quantitative estimate of drug-likeness (QED) is 0.604. The Morgan fingerprint density at radius 2 is 1.66 bits per heavy atom. The molecule has 0 radical (unpaired) electrons. The summed E-state index contributed by atoms with van der Waals surface area (Å²) >= 11 is 0. The average Bonchev–Trinajstić information content (AvgIpc) is 3.15. The van der Waals surface area contributed by atoms with Gasteiger partial charge in [-0.1, -0.05) is 62.4 Å². The molecule has 0 spiro atoms. The first-order valence-electron chi connectivity index (χ1n) is 12.4. The molecule has 3 atom stereocenters. The number of ether oxygens (including phenoxy) is 1. The first kappa shape index (κ1) is 24.8. The monoisotopic (exact) mass is 478 g/mol. The van der Waals surface area contributed by atoms with Gasteiger partial charge in [0.2, 0.25) is 5.91 Å². The van der Waals surface area contributed by atoms with E-state index in [0.717, 1.165) is 22.3 Å². The maximum absolute atomic E-state index is 13.4. The van der Waals surface area contributed by atoms with E-state index in [-0.39, 0.29) is 24.3 Å². The van der Waals surface area contributed by atoms with Crippen LogP contribution in [0.15, 0.2) is 48.5 Å². The van der Waals surface area contributed by atoms with Gasteiger partial charge in [0.25, 0.3) is 0 Å². The Kier molecular flexibility index (Phi) is 7.43. The minimum absolute atomic E-state index is 0.0640. The molecule has 2 aromatic carbocycles. The highest BCUT2D eigenvalue weighted by atomic mass is 16.5. The fraction of sp³-hybridized carbons (Fsp3) is 0.464. The second-order valence-corrected chi connectivity index (χ2v) is 10.0. The van der Waals surface area contributed by atoms with Gasteiger partial charge in [-0.3, -0.25) is 9.59 Å². The van der Waals surface area contributed by atoms with Crippen molar-refractivity contribution in [3.63, 3.8) is 0 Å². The van der Waals surface area contributed by atoms with Crippen LogP contribution >= 0.6 is 0 Å². The summed E-state index contributed by atoms with van der Waals surface area (Å²) in [5.41, 5.74) is 4.55. The van der Waals surface area contributed by atoms with Crippen LogP contribution in [-0.4, -0.2) is 53.2 Å². The first-order chi connectivity index (χ1) is 16.8. The molecule has 1 aliphatic heterocycles. The summed E-state index contributed by atoms with van der Waals surface area (Å²) in [6, 6.07) is 15.1. The molecule has 1 saturated heterocycles. The first-order valence-corrected chi connectivity index (χ1v) is 12.4. The Morgan fingerprint density at radius 1 is 1.06 bits per heavy atom. The lowest BCUT2D eigenvalue weighted by Crippen LogP contribution is -2.56. The van der Waals surface area contributed by atoms with Crippen molar-refractivity contribution in [1.29, 1.82) is 0 Å². The number of hydrogen-bond donors (Lipinski definition) is 2. The second kappa shape index (κ2) is 10.5. The molecule has 2 N–H and O–H groups in total. The molecule has 186 valence electrons. The molecule has 35 heavy (non-hydrogen) atoms. The Balaban J connectivity index is 1.44. The van der Waals surface area contributed by atoms with Gasteiger partial charge in [-0.15, -0.1) is 0 Å². The van der Waals surface area contributed by atoms with Crippen molar-refractivity contribution in [2.45, 2.75) is 58.0 Å². The van der Waals surface area contributed by atoms with Crippen LogP contribution in [0.5, 0.6) is 0 Å². The Labute approximate surface area is 206 Å². The van der Waals surface area contributed by atoms with Crippen LogP contribution in [-0.2, 0) is 14.3 Å². The second-order valence-electron chi connectivity index (χ2n) is 10.0. The maximum atomic E-state index is 13.4. The summed E-state index contributed by atoms with van der Waals surface area (Å²) in [6.07, 6.45) is 0.996. The molecule has 0 saturated carbocycles. The number of piperidine rings is 1. The predicted molar refractivity (Wildman–Crippen MR) is 133 cm³/mol. The standard InChI is InChI=1S/C28H34N2O5/c1-17(2)15-25(26(31)30-14-8-13-19(18(30)3)27(32)33)29-28(34)35-16-24-22-11-6-4-9-20(22)21-10-5-7-12-23(21)24/h4-7,9-12,17-19,24-25H,8,13-16H2,1-3H3,(H,29,34)(H,32,33)/t18-,19-,25?/m0/s1. The molecule has 2 aliphatic rings. The van der Waals surface area contributed by atoms with Gasteiger partial charge in [0, 0.05) is 18.5 Å². The molecule has 7 nitrogen and oxygen atoms in total. The highest BCUT2D eigenvalue weighted by Crippen LogP contribution is 2.44. The Bertz CT molecular complexity index is 1050. The maximum Gasteiger partial charge on any atom is 0.407 e. The van der Waals surface area contributed by atoms with E-state index >= 15 is 0 Å². The summed E-state index contributed by atoms with van der Waals surface area (Å²) in [5, 5.41) is 12.3. The van der Waals surface area contributed by atoms with E-state index in [4.69, 9.17) is 4.74 Å². The van der Waals surface area contributed by atoms with Gasteiger partial charge in [-0.25, -0.2) is 4.79 Å². The van der Waals surface area contributed by atoms with Crippen LogP contribution in [0.3, 0.4) is 0 Å². The lowest BCUT2D eigenvalue weighted by atomic mass is 9.89. The van der Waals surface area contributed by atoms with Crippen molar-refractivity contribution >= 4 is 18.0 Å². The van der Waals surface area contributed by atoms with Crippen LogP contribution in [0, 0.1) is 11.8 Å². The Morgan fingerprint density at radius 3 is 2.23 bits per heavy atom. The lowest BCUT2D eigenvalue weighted by Gasteiger charge is -2.39. The van der Waals surface area contributed by atoms with E-state index in [9.17, 15) is 19.5 Å². The van der Waals surface area contributed by atoms with Crippen LogP contribution in [0.25, 0.3) is 11.1 Å². The van der Waals surface area contributed by atoms with Crippen molar-refractivity contribution in [3.8, 4) is 11.1 Å². The van der Waals surface area contributed by atoms with Crippen molar-refractivity contribution in [3.05, 3.63) is 59.7 Å². The van der Waals surface area contributed by atoms with Crippen molar-refractivity contribution in [1.82, 2.24) is 10.2 Å². The SMILES string of the molecule is CC(C)CC(NC(=O)OCC1c2ccccc2-c2ccccc21)C(=O)N1CCC[C@H](C(=O)O)[C@@H]1C. The number of aliphatic carboxylic acids is 1. The zero-order chi connectivity index (χ0) is 25.1. The van der Waals surface area contributed by atoms with E-state index < -0.39 is 30.1 Å². The van der Waals surface area contributed by atoms with E-state index in [0.29, 0.717) is 25.8 Å². The molecular formula is C28H34N2O5. The highest BCUT2D eigenvalue weighted by molar-refractivity contribution is 5.87. The number of rotatable bonds is 7. The van der Waals surface area contributed by atoms with Crippen molar-refractivity contribution < 1.29 is 24.2 Å². The van der Waals surface area contributed by atoms with Crippen molar-refractivity contribution in [2.75, 3.05) is 13.2 Å². The molecule has 0 bridgehead atoms. The minimum Gasteiger partial charge on any atom is -0.481 e. The van der Waals surface area contributed by atoms with Crippen LogP contribution in [0.1, 0.15) is 57.1 Å². The number of amides is 2. The minimum atomic E-state index is -0.889. The molecule has 1 fully saturated rings. The highest BCUT2D eigenvalue weighted by Gasteiger charge is 2.38. The summed E-state index contributed by atoms with van der Waals surface area (Å²) in [5.74, 6) is -1.63. The van der Waals surface area contributed by atoms with Crippen LogP contribution < -0.4 is 5.32 Å². The molecular weight excluding hydrogens is 444 g/mol. The number of fused-ring (bicyclic) bond motifs is 3. The fourth-order valence-electron chi connectivity index (χ4n) is 5.46. The van der Waals surface area contributed by atoms with Crippen molar-refractivity contribution in [2.24, 2.45) is 11.8 Å². The van der Waals surface area contributed by atoms with E-state index in [1.165, 1.54) is 0 Å². The van der Waals surface area contributed by atoms with Crippen LogP contribution in [0.2, 0.25) is 0 Å². The van der Waals surface area contributed by atoms with E-state index in [1.54, 1.807) is 11.8 Å². The number of nitrogens with one attached hydrogen (secondary N) is 1. The number of alkyl carbamates (subject to hydrolysis) is 1. The number of carboxylic acid groups (broad SMARTS) is 1. The summed E-state index contributed by atoms with van der Waals surface area (Å²) < 4.78 is 5.66. The molecule has 1 aliphatic carbocycles. The molecule has 4 rings (SSSR count). The third kappa shape index (κ3) is 5.19. The average molecular weight is 479 g/mol. The normalized spacial score (nSPS) is 20.2. The third-order valence-electron chi connectivity index (χ3n) is 7.23. The third-order valence-corrected chi connectivity index (χ3v) is 7.23. The summed E-state index contributed by atoms with van der Waals surface area (Å²) in [6.45, 7) is 6.41. The number of carbonyl (C=O) groups is 3. The Hall–Kier alpha value is -3.35. The lowest BCUT2D eigenvalue weighted by molar-refractivity contribution is -0.150. The van der Waals surface area contributed by atoms with Gasteiger partial charge in [0.15, 0.2) is 0 Å². The number of benzene rings is 2. The molecule has 1 heterocycles. The zero-order valence-electron chi connectivity index (χ0n) is 20.6. The molecule has 7 heteroatoms. The number of carbonyl (C=O) groups excluding carboxylic acids is 2. The topological polar surface area (TPSA) is 95.9 Å². The van der Waals surface area contributed by atoms with Gasteiger partial charge in [0.1, 0.15) is 12.6 Å². The molecule has 1 unspecified atom stereocenters. The largest absolute Gasteiger partial charge is 0.481 e. The summed E-state index contributed by atoms with van der Waals surface area (Å²) in [7, 11) is 0. The predicted octanol–water partition coefficient (Wildman–Crippen LogP) is 4.65. The molecule has 0 aromatic heterocycles. The van der Waals surface area contributed by atoms with E-state index in [1.807, 2.05) is 38.1 Å². The number of carboxylic acids is 1. The summed E-state index contributed by atoms with van der Waals surface area (Å²) in [4.78, 5) is 39.5. The van der Waals surface area contributed by atoms with Crippen LogP contribution in [0.4, 0.5) is 4.79 Å². The smallest absolute Gasteiger partial charge is 0.407 e. The number of likely N-dealkylation sites (tertiary alicyclic amines) is 1. The van der Waals surface area contributed by atoms with Gasteiger partial charge in [-0.05, 0) is 54.4 Å². The van der Waals surface area contributed by atoms with Gasteiger partial charge in [0.05, 0.1) is 5.92 Å². The van der Waals surface area contributed by atoms with Gasteiger partial charge < -0.3 is 20.1 Å².